The lowest BCUT2D eigenvalue weighted by Crippen LogP contribution is -2.22. The van der Waals surface area contributed by atoms with Crippen LogP contribution in [0.1, 0.15) is 25.3 Å². The minimum Gasteiger partial charge on any atom is -0.317 e. The minimum atomic E-state index is -0.0908. The molecule has 2 rings (SSSR count). The van der Waals surface area contributed by atoms with E-state index in [9.17, 15) is 4.79 Å². The fourth-order valence-corrected chi connectivity index (χ4v) is 1.80. The predicted molar refractivity (Wildman–Crippen MR) is 48.6 cm³/mol. The Morgan fingerprint density at radius 2 is 2.38 bits per heavy atom. The maximum atomic E-state index is 11.3. The van der Waals surface area contributed by atoms with E-state index in [1.807, 2.05) is 0 Å². The quantitative estimate of drug-likeness (QED) is 0.636. The SMILES string of the molecule is O=c1[nH]ncn1C1CCCNCC1. The van der Waals surface area contributed by atoms with Gasteiger partial charge in [-0.2, -0.15) is 5.10 Å². The third kappa shape index (κ3) is 1.80. The van der Waals surface area contributed by atoms with E-state index >= 15 is 0 Å². The molecule has 0 spiro atoms. The number of hydrogen-bond donors (Lipinski definition) is 2. The summed E-state index contributed by atoms with van der Waals surface area (Å²) in [5, 5.41) is 9.47. The molecule has 0 radical (unpaired) electrons. The molecule has 0 saturated carbocycles. The molecule has 1 aliphatic heterocycles. The molecule has 2 heterocycles. The van der Waals surface area contributed by atoms with E-state index in [4.69, 9.17) is 0 Å². The molecule has 0 aromatic carbocycles. The zero-order valence-electron chi connectivity index (χ0n) is 7.49. The Labute approximate surface area is 76.2 Å². The Kier molecular flexibility index (Phi) is 2.44. The van der Waals surface area contributed by atoms with Crippen molar-refractivity contribution in [2.45, 2.75) is 25.3 Å². The zero-order valence-corrected chi connectivity index (χ0v) is 7.49. The number of aromatic nitrogens is 3. The summed E-state index contributed by atoms with van der Waals surface area (Å²) >= 11 is 0. The lowest BCUT2D eigenvalue weighted by Gasteiger charge is -2.12. The van der Waals surface area contributed by atoms with Crippen LogP contribution in [0.4, 0.5) is 0 Å². The molecule has 1 fully saturated rings. The molecule has 0 bridgehead atoms. The number of nitrogens with zero attached hydrogens (tertiary/aromatic N) is 2. The second kappa shape index (κ2) is 3.74. The minimum absolute atomic E-state index is 0.0908. The summed E-state index contributed by atoms with van der Waals surface area (Å²) < 4.78 is 1.70. The number of rotatable bonds is 1. The lowest BCUT2D eigenvalue weighted by molar-refractivity contribution is 0.442. The fraction of sp³-hybridized carbons (Fsp3) is 0.750. The summed E-state index contributed by atoms with van der Waals surface area (Å²) in [6, 6.07) is 0.321. The van der Waals surface area contributed by atoms with Gasteiger partial charge in [0.25, 0.3) is 0 Å². The summed E-state index contributed by atoms with van der Waals surface area (Å²) in [6.45, 7) is 2.05. The fourth-order valence-electron chi connectivity index (χ4n) is 1.80. The molecule has 0 amide bonds. The van der Waals surface area contributed by atoms with Crippen LogP contribution in [0.3, 0.4) is 0 Å². The average molecular weight is 182 g/mol. The van der Waals surface area contributed by atoms with Crippen LogP contribution in [0.25, 0.3) is 0 Å². The second-order valence-electron chi connectivity index (χ2n) is 3.40. The van der Waals surface area contributed by atoms with Crippen LogP contribution < -0.4 is 11.0 Å². The first-order chi connectivity index (χ1) is 6.38. The normalized spacial score (nSPS) is 24.2. The van der Waals surface area contributed by atoms with E-state index in [1.54, 1.807) is 10.9 Å². The van der Waals surface area contributed by atoms with Gasteiger partial charge in [0.1, 0.15) is 6.33 Å². The molecule has 1 atom stereocenters. The molecule has 5 nitrogen and oxygen atoms in total. The topological polar surface area (TPSA) is 62.7 Å². The van der Waals surface area contributed by atoms with Crippen LogP contribution in [0.2, 0.25) is 0 Å². The van der Waals surface area contributed by atoms with Gasteiger partial charge in [0.15, 0.2) is 0 Å². The van der Waals surface area contributed by atoms with E-state index in [2.05, 4.69) is 15.5 Å². The lowest BCUT2D eigenvalue weighted by atomic mass is 10.1. The van der Waals surface area contributed by atoms with Crippen molar-refractivity contribution in [2.75, 3.05) is 13.1 Å². The van der Waals surface area contributed by atoms with Crippen molar-refractivity contribution in [2.24, 2.45) is 0 Å². The summed E-state index contributed by atoms with van der Waals surface area (Å²) in [4.78, 5) is 11.3. The van der Waals surface area contributed by atoms with E-state index in [0.717, 1.165) is 32.4 Å². The number of nitrogens with one attached hydrogen (secondary N) is 2. The molecule has 1 saturated heterocycles. The van der Waals surface area contributed by atoms with Crippen molar-refractivity contribution in [3.05, 3.63) is 16.8 Å². The monoisotopic (exact) mass is 182 g/mol. The molecule has 2 N–H and O–H groups in total. The Morgan fingerprint density at radius 3 is 3.15 bits per heavy atom. The van der Waals surface area contributed by atoms with Gasteiger partial charge >= 0.3 is 5.69 Å². The Bertz CT molecular complexity index is 308. The highest BCUT2D eigenvalue weighted by molar-refractivity contribution is 4.76. The van der Waals surface area contributed by atoms with Crippen molar-refractivity contribution in [1.82, 2.24) is 20.1 Å². The molecule has 13 heavy (non-hydrogen) atoms. The molecule has 1 aromatic heterocycles. The maximum absolute atomic E-state index is 11.3. The number of H-pyrrole nitrogens is 1. The van der Waals surface area contributed by atoms with Gasteiger partial charge in [-0.05, 0) is 32.4 Å². The van der Waals surface area contributed by atoms with Crippen LogP contribution >= 0.6 is 0 Å². The van der Waals surface area contributed by atoms with Crippen molar-refractivity contribution in [1.29, 1.82) is 0 Å². The van der Waals surface area contributed by atoms with Gasteiger partial charge in [-0.1, -0.05) is 0 Å². The van der Waals surface area contributed by atoms with E-state index in [-0.39, 0.29) is 5.69 Å². The van der Waals surface area contributed by atoms with Gasteiger partial charge in [0.2, 0.25) is 0 Å². The molecule has 5 heteroatoms. The van der Waals surface area contributed by atoms with Crippen molar-refractivity contribution >= 4 is 0 Å². The highest BCUT2D eigenvalue weighted by Crippen LogP contribution is 2.16. The van der Waals surface area contributed by atoms with E-state index in [0.29, 0.717) is 6.04 Å². The van der Waals surface area contributed by atoms with Crippen LogP contribution in [0.5, 0.6) is 0 Å². The average Bonchev–Trinajstić information content (AvgIpc) is 2.43. The van der Waals surface area contributed by atoms with Crippen molar-refractivity contribution in [3.63, 3.8) is 0 Å². The molecule has 0 aliphatic carbocycles. The summed E-state index contributed by atoms with van der Waals surface area (Å²) in [6.07, 6.45) is 4.80. The number of aromatic amines is 1. The first-order valence-electron chi connectivity index (χ1n) is 4.70. The van der Waals surface area contributed by atoms with Crippen molar-refractivity contribution in [3.8, 4) is 0 Å². The molecule has 72 valence electrons. The molecule has 1 unspecified atom stereocenters. The van der Waals surface area contributed by atoms with Gasteiger partial charge in [-0.3, -0.25) is 4.57 Å². The van der Waals surface area contributed by atoms with Gasteiger partial charge < -0.3 is 5.32 Å². The zero-order chi connectivity index (χ0) is 9.10. The van der Waals surface area contributed by atoms with Gasteiger partial charge in [-0.25, -0.2) is 9.89 Å². The highest BCUT2D eigenvalue weighted by atomic mass is 16.1. The van der Waals surface area contributed by atoms with Crippen molar-refractivity contribution < 1.29 is 0 Å². The smallest absolute Gasteiger partial charge is 0.317 e. The molecule has 1 aromatic rings. The largest absolute Gasteiger partial charge is 0.343 e. The van der Waals surface area contributed by atoms with Crippen LogP contribution in [0, 0.1) is 0 Å². The first kappa shape index (κ1) is 8.50. The van der Waals surface area contributed by atoms with Gasteiger partial charge in [0, 0.05) is 6.04 Å². The molecular formula is C8H14N4O. The van der Waals surface area contributed by atoms with Gasteiger partial charge in [0.05, 0.1) is 0 Å². The van der Waals surface area contributed by atoms with E-state index in [1.165, 1.54) is 0 Å². The van der Waals surface area contributed by atoms with Crippen LogP contribution in [-0.2, 0) is 0 Å². The highest BCUT2D eigenvalue weighted by Gasteiger charge is 2.14. The first-order valence-corrected chi connectivity index (χ1v) is 4.70. The Morgan fingerprint density at radius 1 is 1.46 bits per heavy atom. The van der Waals surface area contributed by atoms with Gasteiger partial charge in [-0.15, -0.1) is 0 Å². The summed E-state index contributed by atoms with van der Waals surface area (Å²) in [5.41, 5.74) is -0.0908. The van der Waals surface area contributed by atoms with E-state index < -0.39 is 0 Å². The third-order valence-electron chi connectivity index (χ3n) is 2.52. The predicted octanol–water partition coefficient (Wildman–Crippen LogP) is -0.114. The summed E-state index contributed by atoms with van der Waals surface area (Å²) in [5.74, 6) is 0. The molecule has 1 aliphatic rings. The standard InChI is InChI=1S/C8H14N4O/c13-8-11-10-6-12(8)7-2-1-4-9-5-3-7/h6-7,9H,1-5H2,(H,11,13). The van der Waals surface area contributed by atoms with Crippen LogP contribution in [0.15, 0.2) is 11.1 Å². The van der Waals surface area contributed by atoms with Crippen LogP contribution in [-0.4, -0.2) is 27.9 Å². The maximum Gasteiger partial charge on any atom is 0.343 e. The molecular weight excluding hydrogens is 168 g/mol. The number of hydrogen-bond acceptors (Lipinski definition) is 3. The summed E-state index contributed by atoms with van der Waals surface area (Å²) in [7, 11) is 0. The Hall–Kier alpha value is -1.10. The second-order valence-corrected chi connectivity index (χ2v) is 3.40. The third-order valence-corrected chi connectivity index (χ3v) is 2.52. The Balaban J connectivity index is 2.15.